The molecule has 0 spiro atoms. The van der Waals surface area contributed by atoms with Crippen LogP contribution in [0.4, 0.5) is 4.39 Å². The fraction of sp³-hybridized carbons (Fsp3) is 0.394. The second kappa shape index (κ2) is 12.2. The highest BCUT2D eigenvalue weighted by atomic mass is 19.1. The highest BCUT2D eigenvalue weighted by Gasteiger charge is 2.22. The average molecular weight is 455 g/mol. The van der Waals surface area contributed by atoms with Gasteiger partial charge in [-0.15, -0.1) is 0 Å². The number of unbranched alkanes of at least 4 members (excludes halogenated alkanes) is 2. The molecule has 0 heterocycles. The van der Waals surface area contributed by atoms with E-state index in [9.17, 15) is 0 Å². The first-order chi connectivity index (χ1) is 16.7. The predicted octanol–water partition coefficient (Wildman–Crippen LogP) is 10.1. The van der Waals surface area contributed by atoms with Crippen molar-refractivity contribution in [1.82, 2.24) is 0 Å². The molecule has 0 nitrogen and oxygen atoms in total. The Balaban J connectivity index is 1.36. The van der Waals surface area contributed by atoms with Crippen molar-refractivity contribution in [2.75, 3.05) is 0 Å². The van der Waals surface area contributed by atoms with Crippen molar-refractivity contribution >= 4 is 12.2 Å². The SMILES string of the molecule is CCCCCC1CCC(c2ccc(-c3ccc(C=Cc4ccc(CC)cc4)cc3)c(F)c2)CC1. The smallest absolute Gasteiger partial charge is 0.131 e. The zero-order valence-electron chi connectivity index (χ0n) is 20.9. The molecule has 4 rings (SSSR count). The summed E-state index contributed by atoms with van der Waals surface area (Å²) in [4.78, 5) is 0. The third kappa shape index (κ3) is 6.47. The van der Waals surface area contributed by atoms with E-state index in [1.807, 2.05) is 18.2 Å². The maximum absolute atomic E-state index is 15.1. The molecular weight excluding hydrogens is 415 g/mol. The maximum Gasteiger partial charge on any atom is 0.131 e. The van der Waals surface area contributed by atoms with E-state index >= 15 is 4.39 Å². The Morgan fingerprint density at radius 2 is 1.41 bits per heavy atom. The molecular formula is C33H39F. The van der Waals surface area contributed by atoms with Crippen LogP contribution in [0.2, 0.25) is 0 Å². The summed E-state index contributed by atoms with van der Waals surface area (Å²) in [6, 6.07) is 22.8. The number of halogens is 1. The average Bonchev–Trinajstić information content (AvgIpc) is 2.89. The minimum absolute atomic E-state index is 0.0955. The molecule has 1 fully saturated rings. The van der Waals surface area contributed by atoms with E-state index < -0.39 is 0 Å². The molecule has 3 aromatic rings. The van der Waals surface area contributed by atoms with Gasteiger partial charge < -0.3 is 0 Å². The molecule has 1 aliphatic carbocycles. The van der Waals surface area contributed by atoms with Gasteiger partial charge in [0.25, 0.3) is 0 Å². The highest BCUT2D eigenvalue weighted by Crippen LogP contribution is 2.39. The van der Waals surface area contributed by atoms with Crippen LogP contribution >= 0.6 is 0 Å². The largest absolute Gasteiger partial charge is 0.206 e. The molecule has 0 aliphatic heterocycles. The summed E-state index contributed by atoms with van der Waals surface area (Å²) < 4.78 is 15.1. The van der Waals surface area contributed by atoms with Gasteiger partial charge in [-0.3, -0.25) is 0 Å². The van der Waals surface area contributed by atoms with Crippen LogP contribution in [0.25, 0.3) is 23.3 Å². The van der Waals surface area contributed by atoms with Crippen molar-refractivity contribution in [2.45, 2.75) is 77.6 Å². The standard InChI is InChI=1S/C33H39F/c1-3-5-6-7-26-14-18-29(19-15-26)31-22-23-32(33(34)24-31)30-20-16-28(17-21-30)13-12-27-10-8-25(4-2)9-11-27/h8-13,16-17,20-24,26,29H,3-7,14-15,18-19H2,1-2H3. The van der Waals surface area contributed by atoms with Crippen LogP contribution in [0.3, 0.4) is 0 Å². The van der Waals surface area contributed by atoms with E-state index in [-0.39, 0.29) is 5.82 Å². The van der Waals surface area contributed by atoms with E-state index in [1.54, 1.807) is 6.07 Å². The summed E-state index contributed by atoms with van der Waals surface area (Å²) in [7, 11) is 0. The molecule has 0 unspecified atom stereocenters. The quantitative estimate of drug-likeness (QED) is 0.223. The summed E-state index contributed by atoms with van der Waals surface area (Å²) in [5, 5.41) is 0. The van der Waals surface area contributed by atoms with Gasteiger partial charge in [-0.25, -0.2) is 4.39 Å². The molecule has 3 aromatic carbocycles. The Morgan fingerprint density at radius 1 is 0.765 bits per heavy atom. The van der Waals surface area contributed by atoms with Crippen LogP contribution in [-0.2, 0) is 6.42 Å². The maximum atomic E-state index is 15.1. The lowest BCUT2D eigenvalue weighted by atomic mass is 9.77. The van der Waals surface area contributed by atoms with Gasteiger partial charge in [-0.1, -0.05) is 112 Å². The number of hydrogen-bond acceptors (Lipinski definition) is 0. The molecule has 0 amide bonds. The fourth-order valence-electron chi connectivity index (χ4n) is 5.32. The fourth-order valence-corrected chi connectivity index (χ4v) is 5.32. The highest BCUT2D eigenvalue weighted by molar-refractivity contribution is 5.72. The van der Waals surface area contributed by atoms with Gasteiger partial charge in [-0.2, -0.15) is 0 Å². The van der Waals surface area contributed by atoms with Crippen molar-refractivity contribution in [3.05, 3.63) is 94.8 Å². The number of benzene rings is 3. The summed E-state index contributed by atoms with van der Waals surface area (Å²) >= 11 is 0. The molecule has 1 saturated carbocycles. The molecule has 0 bridgehead atoms. The van der Waals surface area contributed by atoms with Gasteiger partial charge in [-0.05, 0) is 77.8 Å². The lowest BCUT2D eigenvalue weighted by molar-refractivity contribution is 0.302. The van der Waals surface area contributed by atoms with Gasteiger partial charge in [0.1, 0.15) is 5.82 Å². The summed E-state index contributed by atoms with van der Waals surface area (Å²) in [5.74, 6) is 1.31. The molecule has 1 heteroatoms. The molecule has 1 aliphatic rings. The Morgan fingerprint density at radius 3 is 2.00 bits per heavy atom. The first kappa shape index (κ1) is 24.5. The lowest BCUT2D eigenvalue weighted by Gasteiger charge is -2.29. The molecule has 0 N–H and O–H groups in total. The second-order valence-corrected chi connectivity index (χ2v) is 10.0. The van der Waals surface area contributed by atoms with Crippen LogP contribution in [0, 0.1) is 11.7 Å². The van der Waals surface area contributed by atoms with Crippen molar-refractivity contribution in [3.63, 3.8) is 0 Å². The topological polar surface area (TPSA) is 0 Å². The summed E-state index contributed by atoms with van der Waals surface area (Å²) in [6.45, 7) is 4.44. The van der Waals surface area contributed by atoms with E-state index in [4.69, 9.17) is 0 Å². The van der Waals surface area contributed by atoms with E-state index in [2.05, 4.69) is 68.5 Å². The van der Waals surface area contributed by atoms with Gasteiger partial charge >= 0.3 is 0 Å². The zero-order chi connectivity index (χ0) is 23.8. The normalized spacial score (nSPS) is 18.4. The van der Waals surface area contributed by atoms with Crippen LogP contribution < -0.4 is 0 Å². The monoisotopic (exact) mass is 454 g/mol. The van der Waals surface area contributed by atoms with E-state index in [0.29, 0.717) is 11.5 Å². The van der Waals surface area contributed by atoms with Crippen LogP contribution in [0.1, 0.15) is 93.4 Å². The van der Waals surface area contributed by atoms with Crippen molar-refractivity contribution in [1.29, 1.82) is 0 Å². The van der Waals surface area contributed by atoms with Crippen LogP contribution in [0.5, 0.6) is 0 Å². The van der Waals surface area contributed by atoms with Crippen molar-refractivity contribution < 1.29 is 4.39 Å². The van der Waals surface area contributed by atoms with E-state index in [0.717, 1.165) is 23.5 Å². The van der Waals surface area contributed by atoms with Gasteiger partial charge in [0.05, 0.1) is 0 Å². The zero-order valence-corrected chi connectivity index (χ0v) is 20.9. The van der Waals surface area contributed by atoms with Gasteiger partial charge in [0.2, 0.25) is 0 Å². The predicted molar refractivity (Wildman–Crippen MR) is 145 cm³/mol. The third-order valence-electron chi connectivity index (χ3n) is 7.61. The first-order valence-electron chi connectivity index (χ1n) is 13.3. The Bertz CT molecular complexity index is 1050. The molecule has 0 aromatic heterocycles. The first-order valence-corrected chi connectivity index (χ1v) is 13.3. The minimum Gasteiger partial charge on any atom is -0.206 e. The van der Waals surface area contributed by atoms with Crippen molar-refractivity contribution in [3.8, 4) is 11.1 Å². The Hall–Kier alpha value is -2.67. The molecule has 0 radical (unpaired) electrons. The number of aryl methyl sites for hydroxylation is 1. The van der Waals surface area contributed by atoms with Crippen LogP contribution in [0.15, 0.2) is 66.7 Å². The summed E-state index contributed by atoms with van der Waals surface area (Å²) in [5.41, 5.74) is 6.48. The van der Waals surface area contributed by atoms with Gasteiger partial charge in [0.15, 0.2) is 0 Å². The van der Waals surface area contributed by atoms with Crippen molar-refractivity contribution in [2.24, 2.45) is 5.92 Å². The second-order valence-electron chi connectivity index (χ2n) is 10.0. The number of hydrogen-bond donors (Lipinski definition) is 0. The Labute approximate surface area is 205 Å². The lowest BCUT2D eigenvalue weighted by Crippen LogP contribution is -2.13. The molecule has 0 saturated heterocycles. The number of rotatable bonds is 9. The van der Waals surface area contributed by atoms with Crippen LogP contribution in [-0.4, -0.2) is 0 Å². The van der Waals surface area contributed by atoms with Gasteiger partial charge in [0, 0.05) is 5.56 Å². The molecule has 34 heavy (non-hydrogen) atoms. The Kier molecular flexibility index (Phi) is 8.74. The third-order valence-corrected chi connectivity index (χ3v) is 7.61. The molecule has 178 valence electrons. The summed E-state index contributed by atoms with van der Waals surface area (Å²) in [6.07, 6.45) is 15.7. The molecule has 0 atom stereocenters. The minimum atomic E-state index is -0.0955. The van der Waals surface area contributed by atoms with E-state index in [1.165, 1.54) is 68.1 Å².